The van der Waals surface area contributed by atoms with Crippen LogP contribution in [0.1, 0.15) is 23.5 Å². The van der Waals surface area contributed by atoms with Gasteiger partial charge in [0.1, 0.15) is 12.4 Å². The first kappa shape index (κ1) is 18.9. The van der Waals surface area contributed by atoms with Gasteiger partial charge >= 0.3 is 0 Å². The molecule has 1 unspecified atom stereocenters. The number of nitrogens with one attached hydrogen (secondary N) is 1. The number of anilines is 1. The van der Waals surface area contributed by atoms with Gasteiger partial charge in [-0.2, -0.15) is 4.80 Å². The standard InChI is InChI=1S/C22H23FN6O/c1-14-7-8-19-16(11-14)17-12-27(2)10-9-20(17)29(19)21(30)13-28-25-22(24-26-28)15-5-3-4-6-18(15)23/h3-8,11,17,20H,9-10,12-13H2,1-2H3/p+1/t17-,20+/m1/s1. The van der Waals surface area contributed by atoms with Gasteiger partial charge in [-0.05, 0) is 35.9 Å². The number of rotatable bonds is 3. The monoisotopic (exact) mass is 407 g/mol. The Bertz CT molecular complexity index is 1110. The SMILES string of the molecule is Cc1ccc2c(c1)[C@H]1C[NH+](C)CC[C@@H]1N2C(=O)Cn1nnc(-c2ccccc2F)n1. The Morgan fingerprint density at radius 1 is 1.27 bits per heavy atom. The van der Waals surface area contributed by atoms with Gasteiger partial charge in [-0.1, -0.05) is 29.8 Å². The molecule has 7 nitrogen and oxygen atoms in total. The van der Waals surface area contributed by atoms with Gasteiger partial charge in [0.2, 0.25) is 5.82 Å². The summed E-state index contributed by atoms with van der Waals surface area (Å²) in [5, 5.41) is 12.2. The number of likely N-dealkylation sites (tertiary alicyclic amines) is 1. The Morgan fingerprint density at radius 3 is 2.93 bits per heavy atom. The number of quaternary nitrogens is 1. The van der Waals surface area contributed by atoms with E-state index in [1.54, 1.807) is 18.2 Å². The molecule has 1 amide bonds. The second-order valence-corrected chi connectivity index (χ2v) is 8.32. The molecule has 3 aromatic rings. The Kier molecular flexibility index (Phi) is 4.58. The molecule has 1 N–H and O–H groups in total. The molecule has 3 atom stereocenters. The maximum atomic E-state index is 14.0. The van der Waals surface area contributed by atoms with Gasteiger partial charge in [-0.15, -0.1) is 10.2 Å². The summed E-state index contributed by atoms with van der Waals surface area (Å²) in [4.78, 5) is 18.0. The van der Waals surface area contributed by atoms with Gasteiger partial charge in [0.25, 0.3) is 5.91 Å². The number of nitrogens with zero attached hydrogens (tertiary/aromatic N) is 5. The molecule has 5 rings (SSSR count). The summed E-state index contributed by atoms with van der Waals surface area (Å²) in [6.45, 7) is 4.12. The van der Waals surface area contributed by atoms with Crippen LogP contribution in [-0.4, -0.2) is 52.3 Å². The predicted molar refractivity (Wildman–Crippen MR) is 110 cm³/mol. The number of tetrazole rings is 1. The van der Waals surface area contributed by atoms with Crippen LogP contribution in [0.25, 0.3) is 11.4 Å². The first-order valence-corrected chi connectivity index (χ1v) is 10.3. The molecule has 0 radical (unpaired) electrons. The fourth-order valence-electron chi connectivity index (χ4n) is 4.78. The summed E-state index contributed by atoms with van der Waals surface area (Å²) >= 11 is 0. The summed E-state index contributed by atoms with van der Waals surface area (Å²) in [5.41, 5.74) is 3.73. The second-order valence-electron chi connectivity index (χ2n) is 8.32. The smallest absolute Gasteiger partial charge is 0.250 e. The Balaban J connectivity index is 1.42. The van der Waals surface area contributed by atoms with Crippen molar-refractivity contribution in [3.8, 4) is 11.4 Å². The van der Waals surface area contributed by atoms with E-state index in [-0.39, 0.29) is 29.9 Å². The zero-order valence-electron chi connectivity index (χ0n) is 17.0. The van der Waals surface area contributed by atoms with Crippen molar-refractivity contribution in [2.24, 2.45) is 0 Å². The van der Waals surface area contributed by atoms with Crippen LogP contribution in [0.3, 0.4) is 0 Å². The van der Waals surface area contributed by atoms with E-state index in [1.165, 1.54) is 26.9 Å². The molecule has 1 aromatic heterocycles. The van der Waals surface area contributed by atoms with Crippen molar-refractivity contribution < 1.29 is 14.1 Å². The zero-order chi connectivity index (χ0) is 20.8. The quantitative estimate of drug-likeness (QED) is 0.709. The number of fused-ring (bicyclic) bond motifs is 3. The average Bonchev–Trinajstić information content (AvgIpc) is 3.30. The number of piperidine rings is 1. The summed E-state index contributed by atoms with van der Waals surface area (Å²) < 4.78 is 14.0. The first-order valence-electron chi connectivity index (χ1n) is 10.3. The Labute approximate surface area is 174 Å². The Morgan fingerprint density at radius 2 is 2.10 bits per heavy atom. The lowest BCUT2D eigenvalue weighted by molar-refractivity contribution is -0.886. The normalized spacial score (nSPS) is 22.6. The Hall–Kier alpha value is -3.13. The van der Waals surface area contributed by atoms with Crippen LogP contribution in [0.2, 0.25) is 0 Å². The van der Waals surface area contributed by atoms with Gasteiger partial charge in [0.15, 0.2) is 0 Å². The van der Waals surface area contributed by atoms with Crippen molar-refractivity contribution in [1.29, 1.82) is 0 Å². The van der Waals surface area contributed by atoms with Crippen LogP contribution in [0.15, 0.2) is 42.5 Å². The maximum Gasteiger partial charge on any atom is 0.250 e. The summed E-state index contributed by atoms with van der Waals surface area (Å²) in [7, 11) is 2.21. The fourth-order valence-corrected chi connectivity index (χ4v) is 4.78. The van der Waals surface area contributed by atoms with Crippen molar-refractivity contribution in [2.45, 2.75) is 31.8 Å². The van der Waals surface area contributed by atoms with E-state index in [9.17, 15) is 9.18 Å². The predicted octanol–water partition coefficient (Wildman–Crippen LogP) is 1.21. The van der Waals surface area contributed by atoms with Crippen molar-refractivity contribution in [3.05, 3.63) is 59.4 Å². The molecule has 0 bridgehead atoms. The number of likely N-dealkylation sites (N-methyl/N-ethyl adjacent to an activating group) is 1. The molecule has 2 aromatic carbocycles. The number of hydrogen-bond acceptors (Lipinski definition) is 4. The minimum Gasteiger partial charge on any atom is -0.337 e. The fraction of sp³-hybridized carbons (Fsp3) is 0.364. The molecule has 2 aliphatic heterocycles. The van der Waals surface area contributed by atoms with E-state index in [4.69, 9.17) is 0 Å². The molecule has 0 saturated carbocycles. The lowest BCUT2D eigenvalue weighted by atomic mass is 9.89. The van der Waals surface area contributed by atoms with Crippen molar-refractivity contribution >= 4 is 11.6 Å². The number of carbonyl (C=O) groups is 1. The number of amides is 1. The van der Waals surface area contributed by atoms with Crippen LogP contribution < -0.4 is 9.80 Å². The minimum atomic E-state index is -0.413. The molecular formula is C22H24FN6O+. The van der Waals surface area contributed by atoms with Crippen molar-refractivity contribution in [2.75, 3.05) is 25.0 Å². The topological polar surface area (TPSA) is 68.3 Å². The lowest BCUT2D eigenvalue weighted by Crippen LogP contribution is -3.11. The third-order valence-electron chi connectivity index (χ3n) is 6.19. The highest BCUT2D eigenvalue weighted by Gasteiger charge is 2.45. The maximum absolute atomic E-state index is 14.0. The summed E-state index contributed by atoms with van der Waals surface area (Å²) in [6.07, 6.45) is 0.960. The van der Waals surface area contributed by atoms with Crippen LogP contribution >= 0.6 is 0 Å². The second kappa shape index (κ2) is 7.28. The minimum absolute atomic E-state index is 0.0271. The van der Waals surface area contributed by atoms with E-state index in [0.29, 0.717) is 5.92 Å². The van der Waals surface area contributed by atoms with Gasteiger partial charge in [0.05, 0.1) is 37.7 Å². The largest absolute Gasteiger partial charge is 0.337 e. The molecule has 0 aliphatic carbocycles. The van der Waals surface area contributed by atoms with Crippen LogP contribution in [0, 0.1) is 12.7 Å². The third kappa shape index (κ3) is 3.17. The number of aryl methyl sites for hydroxylation is 1. The average molecular weight is 407 g/mol. The molecule has 1 fully saturated rings. The van der Waals surface area contributed by atoms with Crippen molar-refractivity contribution in [3.63, 3.8) is 0 Å². The number of hydrogen-bond donors (Lipinski definition) is 1. The molecule has 2 aliphatic rings. The molecule has 154 valence electrons. The van der Waals surface area contributed by atoms with E-state index < -0.39 is 5.82 Å². The zero-order valence-corrected chi connectivity index (χ0v) is 17.0. The summed E-state index contributed by atoms with van der Waals surface area (Å²) in [6, 6.07) is 12.8. The highest BCUT2D eigenvalue weighted by Crippen LogP contribution is 2.43. The third-order valence-corrected chi connectivity index (χ3v) is 6.19. The lowest BCUT2D eigenvalue weighted by Gasteiger charge is -2.34. The van der Waals surface area contributed by atoms with Crippen molar-refractivity contribution in [1.82, 2.24) is 20.2 Å². The van der Waals surface area contributed by atoms with Gasteiger partial charge in [0, 0.05) is 12.1 Å². The van der Waals surface area contributed by atoms with E-state index in [2.05, 4.69) is 47.6 Å². The highest BCUT2D eigenvalue weighted by atomic mass is 19.1. The van der Waals surface area contributed by atoms with E-state index in [1.807, 2.05) is 4.90 Å². The van der Waals surface area contributed by atoms with Gasteiger partial charge in [-0.3, -0.25) is 4.79 Å². The molecule has 1 saturated heterocycles. The number of halogens is 1. The van der Waals surface area contributed by atoms with Crippen LogP contribution in [0.5, 0.6) is 0 Å². The van der Waals surface area contributed by atoms with Gasteiger partial charge in [-0.25, -0.2) is 4.39 Å². The molecular weight excluding hydrogens is 383 g/mol. The molecule has 8 heteroatoms. The van der Waals surface area contributed by atoms with Crippen LogP contribution in [-0.2, 0) is 11.3 Å². The highest BCUT2D eigenvalue weighted by molar-refractivity contribution is 5.96. The molecule has 3 heterocycles. The molecule has 0 spiro atoms. The first-order chi connectivity index (χ1) is 14.5. The van der Waals surface area contributed by atoms with E-state index in [0.717, 1.165) is 25.2 Å². The van der Waals surface area contributed by atoms with Gasteiger partial charge < -0.3 is 9.80 Å². The van der Waals surface area contributed by atoms with Crippen LogP contribution in [0.4, 0.5) is 10.1 Å². The molecule has 30 heavy (non-hydrogen) atoms. The van der Waals surface area contributed by atoms with E-state index >= 15 is 0 Å². The number of carbonyl (C=O) groups excluding carboxylic acids is 1. The number of aromatic nitrogens is 4. The summed E-state index contributed by atoms with van der Waals surface area (Å²) in [5.74, 6) is 0.0444. The number of benzene rings is 2.